The number of hydrogen-bond donors (Lipinski definition) is 9. The topological polar surface area (TPSA) is 435 Å². The second-order valence-electron chi connectivity index (χ2n) is 14.7. The zero-order valence-electron chi connectivity index (χ0n) is 34.6. The molecule has 1 heterocycles. The van der Waals surface area contributed by atoms with Crippen molar-refractivity contribution in [3.8, 4) is 0 Å². The van der Waals surface area contributed by atoms with E-state index in [1.54, 1.807) is 0 Å². The molecule has 0 aliphatic heterocycles. The number of H-pyrrole nitrogens is 1. The monoisotopic (exact) mass is 1090 g/mol. The quantitative estimate of drug-likeness (QED) is 0.0423. The van der Waals surface area contributed by atoms with Crippen molar-refractivity contribution in [3.63, 3.8) is 0 Å². The highest BCUT2D eigenvalue weighted by atomic mass is 35.5. The van der Waals surface area contributed by atoms with Gasteiger partial charge in [0.15, 0.2) is 11.6 Å². The number of nitrogen functional groups attached to an aromatic ring is 1. The first-order valence-electron chi connectivity index (χ1n) is 19.0. The molecule has 0 saturated carbocycles. The Morgan fingerprint density at radius 1 is 0.549 bits per heavy atom. The molecule has 0 atom stereocenters. The number of fused-ring (bicyclic) bond motifs is 3. The molecule has 0 amide bonds. The average Bonchev–Trinajstić information content (AvgIpc) is 3.26. The van der Waals surface area contributed by atoms with Gasteiger partial charge < -0.3 is 16.4 Å². The van der Waals surface area contributed by atoms with Crippen molar-refractivity contribution in [2.24, 2.45) is 15.2 Å². The highest BCUT2D eigenvalue weighted by molar-refractivity contribution is 7.87. The number of benzene rings is 6. The highest BCUT2D eigenvalue weighted by Crippen LogP contribution is 2.41. The van der Waals surface area contributed by atoms with Crippen LogP contribution in [0.4, 0.5) is 45.8 Å². The fourth-order valence-electron chi connectivity index (χ4n) is 7.10. The number of aromatic nitrogens is 3. The van der Waals surface area contributed by atoms with Crippen LogP contribution in [0.15, 0.2) is 137 Å². The largest absolute Gasteiger partial charge is 0.397 e. The second kappa shape index (κ2) is 17.8. The molecule has 1 aromatic heterocycles. The van der Waals surface area contributed by atoms with E-state index in [0.29, 0.717) is 18.2 Å². The predicted molar refractivity (Wildman–Crippen MR) is 247 cm³/mol. The zero-order valence-corrected chi connectivity index (χ0v) is 39.4. The number of nitrogens with one attached hydrogen (secondary N) is 3. The van der Waals surface area contributed by atoms with Crippen LogP contribution in [-0.2, 0) is 50.6 Å². The number of carbonyl (C=O) groups is 2. The number of nitrogens with zero attached hydrogens (tertiary/aromatic N) is 5. The number of rotatable bonds is 12. The van der Waals surface area contributed by atoms with E-state index in [1.165, 1.54) is 48.5 Å². The van der Waals surface area contributed by atoms with Gasteiger partial charge in [-0.1, -0.05) is 24.3 Å². The van der Waals surface area contributed by atoms with Gasteiger partial charge in [-0.25, -0.2) is 4.99 Å². The molecule has 0 fully saturated rings. The lowest BCUT2D eigenvalue weighted by atomic mass is 9.82. The van der Waals surface area contributed by atoms with Gasteiger partial charge in [-0.3, -0.25) is 37.3 Å². The Labute approximate surface area is 403 Å². The normalized spacial score (nSPS) is 13.6. The number of carbonyl (C=O) groups excluding carboxylic acids is 2. The van der Waals surface area contributed by atoms with Gasteiger partial charge in [-0.05, 0) is 84.4 Å². The Bertz CT molecular complexity index is 4210. The summed E-state index contributed by atoms with van der Waals surface area (Å²) in [6, 6.07) is 17.4. The van der Waals surface area contributed by atoms with E-state index in [-0.39, 0.29) is 50.7 Å². The molecule has 7 aromatic rings. The zero-order chi connectivity index (χ0) is 51.7. The van der Waals surface area contributed by atoms with Gasteiger partial charge in [-0.2, -0.15) is 62.3 Å². The number of halogens is 1. The van der Waals surface area contributed by atoms with E-state index in [4.69, 9.17) is 17.3 Å². The summed E-state index contributed by atoms with van der Waals surface area (Å²) in [5, 5.41) is 11.6. The molecule has 26 nitrogen and oxygen atoms in total. The Balaban J connectivity index is 1.11. The average molecular weight is 1090 g/mol. The van der Waals surface area contributed by atoms with Gasteiger partial charge in [0.05, 0.1) is 44.5 Å². The van der Waals surface area contributed by atoms with Crippen LogP contribution in [0.5, 0.6) is 0 Å². The Kier molecular flexibility index (Phi) is 12.5. The lowest BCUT2D eigenvalue weighted by Gasteiger charge is -2.23. The summed E-state index contributed by atoms with van der Waals surface area (Å²) in [5.41, 5.74) is 2.77. The smallest absolute Gasteiger partial charge is 0.296 e. The molecule has 1 aliphatic carbocycles. The minimum absolute atomic E-state index is 0.0478. The van der Waals surface area contributed by atoms with Crippen molar-refractivity contribution in [2.75, 3.05) is 16.4 Å². The van der Waals surface area contributed by atoms with Crippen molar-refractivity contribution in [1.29, 1.82) is 0 Å². The molecule has 0 unspecified atom stereocenters. The van der Waals surface area contributed by atoms with Crippen LogP contribution in [0.2, 0.25) is 5.28 Å². The van der Waals surface area contributed by atoms with Gasteiger partial charge in [0.1, 0.15) is 19.6 Å². The van der Waals surface area contributed by atoms with Crippen LogP contribution in [-0.4, -0.2) is 91.4 Å². The number of nitrogens with two attached hydrogens (primary N) is 1. The van der Waals surface area contributed by atoms with Gasteiger partial charge in [0.25, 0.3) is 50.6 Å². The Hall–Kier alpha value is -7.43. The van der Waals surface area contributed by atoms with E-state index < -0.39 is 126 Å². The fraction of sp³-hybridized carbons (Fsp3) is 0. The molecule has 0 spiro atoms. The molecule has 366 valence electrons. The minimum Gasteiger partial charge on any atom is -0.397 e. The number of anilines is 5. The van der Waals surface area contributed by atoms with Crippen LogP contribution in [0, 0.1) is 0 Å². The van der Waals surface area contributed by atoms with E-state index in [9.17, 15) is 74.4 Å². The number of ketones is 2. The summed E-state index contributed by atoms with van der Waals surface area (Å²) in [6.45, 7) is 0. The van der Waals surface area contributed by atoms with E-state index >= 15 is 0 Å². The van der Waals surface area contributed by atoms with Crippen molar-refractivity contribution in [3.05, 3.63) is 130 Å². The standard InChI is InChI=1S/C39H26ClN9O17S5/c40-37-45-38(43-17-5-7-18(8-6-17)48-49-20-11-24-25(29(13-20)69(58,59)60)14-21(67(52,53)54)15-30(24)70(61,62)63)47-39(46-37)44-26-12-19(9-10-28(26)68(55,56)57)42-27-16-31(71(64,65)66)34(41)33-32(27)35(50)22-3-1-2-4-23(22)36(33)51/h1-16,42H,41H2,(H,52,53,54)(H,55,56,57)(H,58,59,60)(H,61,62,63)(H,64,65,66)(H2,43,44,45,46,47). The second-order valence-corrected chi connectivity index (χ2v) is 22.0. The van der Waals surface area contributed by atoms with Crippen LogP contribution in [0.1, 0.15) is 31.8 Å². The third-order valence-electron chi connectivity index (χ3n) is 10.1. The molecule has 0 bridgehead atoms. The summed E-state index contributed by atoms with van der Waals surface area (Å²) in [6.07, 6.45) is 0. The molecular weight excluding hydrogens is 1060 g/mol. The molecule has 71 heavy (non-hydrogen) atoms. The maximum atomic E-state index is 13.8. The SMILES string of the molecule is Nc1c(S(=O)(=O)O)cc(Nc2ccc(S(=O)(=O)O)c(N=c3nc(Nc4ccc(N=Nc5cc(S(=O)(=O)O)c6cc(S(=O)(=O)O)cc(S(=O)(=O)O)c6c5)cc4)nc(Cl)[nH]3)c2)c2c1C(=O)c1ccccc1C2=O. The highest BCUT2D eigenvalue weighted by Gasteiger charge is 2.37. The molecule has 32 heteroatoms. The van der Waals surface area contributed by atoms with Crippen molar-refractivity contribution in [1.82, 2.24) is 15.0 Å². The maximum absolute atomic E-state index is 13.8. The van der Waals surface area contributed by atoms with Crippen LogP contribution >= 0.6 is 11.6 Å². The first kappa shape index (κ1) is 50.0. The van der Waals surface area contributed by atoms with Crippen molar-refractivity contribution < 1.29 is 74.4 Å². The number of aromatic amines is 1. The first-order chi connectivity index (χ1) is 33.0. The van der Waals surface area contributed by atoms with E-state index in [0.717, 1.165) is 30.3 Å². The Morgan fingerprint density at radius 3 is 1.69 bits per heavy atom. The third kappa shape index (κ3) is 10.3. The first-order valence-corrected chi connectivity index (χ1v) is 26.6. The maximum Gasteiger partial charge on any atom is 0.296 e. The van der Waals surface area contributed by atoms with Gasteiger partial charge in [0.2, 0.25) is 16.9 Å². The van der Waals surface area contributed by atoms with E-state index in [1.807, 2.05) is 0 Å². The van der Waals surface area contributed by atoms with Crippen LogP contribution in [0.3, 0.4) is 0 Å². The van der Waals surface area contributed by atoms with Gasteiger partial charge in [-0.15, -0.1) is 0 Å². The van der Waals surface area contributed by atoms with Gasteiger partial charge in [0, 0.05) is 33.3 Å². The molecule has 6 aromatic carbocycles. The summed E-state index contributed by atoms with van der Waals surface area (Å²) in [7, 11) is -25.8. The molecule has 0 radical (unpaired) electrons. The molecule has 10 N–H and O–H groups in total. The Morgan fingerprint density at radius 2 is 1.10 bits per heavy atom. The summed E-state index contributed by atoms with van der Waals surface area (Å²) in [5.74, 6) is -1.85. The summed E-state index contributed by atoms with van der Waals surface area (Å²) < 4.78 is 172. The lowest BCUT2D eigenvalue weighted by molar-refractivity contribution is 0.0980. The fourth-order valence-corrected chi connectivity index (χ4v) is 10.6. The summed E-state index contributed by atoms with van der Waals surface area (Å²) >= 11 is 6.21. The molecule has 0 saturated heterocycles. The minimum atomic E-state index is -5.29. The lowest BCUT2D eigenvalue weighted by Crippen LogP contribution is -2.25. The molecular formula is C39H26ClN9O17S5. The summed E-state index contributed by atoms with van der Waals surface area (Å²) in [4.78, 5) is 37.2. The molecule has 1 aliphatic rings. The van der Waals surface area contributed by atoms with Crippen molar-refractivity contribution >= 4 is 130 Å². The van der Waals surface area contributed by atoms with Crippen molar-refractivity contribution in [2.45, 2.75) is 24.5 Å². The molecule has 8 rings (SSSR count). The number of azo groups is 1. The van der Waals surface area contributed by atoms with Crippen LogP contribution in [0.25, 0.3) is 10.8 Å². The number of hydrogen-bond acceptors (Lipinski definition) is 20. The predicted octanol–water partition coefficient (Wildman–Crippen LogP) is 5.34. The van der Waals surface area contributed by atoms with Crippen LogP contribution < -0.4 is 22.0 Å². The van der Waals surface area contributed by atoms with E-state index in [2.05, 4.69) is 40.8 Å². The van der Waals surface area contributed by atoms with Gasteiger partial charge >= 0.3 is 0 Å². The third-order valence-corrected chi connectivity index (χ3v) is 14.7.